The van der Waals surface area contributed by atoms with Gasteiger partial charge in [0, 0.05) is 24.2 Å². The molecule has 0 aromatic carbocycles. The van der Waals surface area contributed by atoms with E-state index >= 15 is 0 Å². The zero-order chi connectivity index (χ0) is 14.8. The maximum Gasteiger partial charge on any atom is 0.227 e. The number of fused-ring (bicyclic) bond motifs is 1. The molecule has 4 heterocycles. The van der Waals surface area contributed by atoms with E-state index in [1.54, 1.807) is 35.6 Å². The Morgan fingerprint density at radius 2 is 1.86 bits per heavy atom. The molecule has 1 N–H and O–H groups in total. The molecule has 0 aliphatic carbocycles. The summed E-state index contributed by atoms with van der Waals surface area (Å²) >= 11 is 0. The van der Waals surface area contributed by atoms with Crippen molar-refractivity contribution >= 4 is 17.2 Å². The number of anilines is 2. The van der Waals surface area contributed by atoms with Crippen LogP contribution < -0.4 is 5.32 Å². The first-order chi connectivity index (χ1) is 10.9. The van der Waals surface area contributed by atoms with Crippen LogP contribution in [0.1, 0.15) is 0 Å². The molecule has 0 atom stereocenters. The van der Waals surface area contributed by atoms with Gasteiger partial charge in [-0.2, -0.15) is 14.8 Å². The molecular formula is C15H11N7. The van der Waals surface area contributed by atoms with Crippen LogP contribution in [0.25, 0.3) is 16.8 Å². The van der Waals surface area contributed by atoms with Crippen molar-refractivity contribution in [2.75, 3.05) is 5.32 Å². The summed E-state index contributed by atoms with van der Waals surface area (Å²) in [7, 11) is 0. The lowest BCUT2D eigenvalue weighted by atomic mass is 10.2. The summed E-state index contributed by atoms with van der Waals surface area (Å²) in [5.74, 6) is 0.508. The van der Waals surface area contributed by atoms with Crippen molar-refractivity contribution in [1.29, 1.82) is 0 Å². The first-order valence-corrected chi connectivity index (χ1v) is 6.70. The number of pyridine rings is 1. The molecule has 0 aliphatic rings. The van der Waals surface area contributed by atoms with Gasteiger partial charge in [0.2, 0.25) is 5.95 Å². The van der Waals surface area contributed by atoms with E-state index in [4.69, 9.17) is 0 Å². The molecule has 7 heteroatoms. The normalized spacial score (nSPS) is 10.7. The fourth-order valence-corrected chi connectivity index (χ4v) is 2.16. The van der Waals surface area contributed by atoms with Crippen LogP contribution in [0.5, 0.6) is 0 Å². The topological polar surface area (TPSA) is 80.9 Å². The van der Waals surface area contributed by atoms with Gasteiger partial charge < -0.3 is 5.32 Å². The van der Waals surface area contributed by atoms with Crippen LogP contribution in [0.2, 0.25) is 0 Å². The third kappa shape index (κ3) is 2.24. The van der Waals surface area contributed by atoms with E-state index in [-0.39, 0.29) is 0 Å². The van der Waals surface area contributed by atoms with Crippen LogP contribution in [0, 0.1) is 0 Å². The van der Waals surface area contributed by atoms with Gasteiger partial charge in [-0.15, -0.1) is 0 Å². The maximum atomic E-state index is 4.53. The molecular weight excluding hydrogens is 278 g/mol. The Morgan fingerprint density at radius 3 is 2.77 bits per heavy atom. The molecule has 4 aromatic heterocycles. The highest BCUT2D eigenvalue weighted by atomic mass is 15.4. The summed E-state index contributed by atoms with van der Waals surface area (Å²) in [5.41, 5.74) is 3.42. The molecule has 0 unspecified atom stereocenters. The highest BCUT2D eigenvalue weighted by Gasteiger charge is 2.09. The van der Waals surface area contributed by atoms with Gasteiger partial charge in [-0.1, -0.05) is 0 Å². The second-order valence-electron chi connectivity index (χ2n) is 4.59. The predicted octanol–water partition coefficient (Wildman–Crippen LogP) is 2.32. The van der Waals surface area contributed by atoms with Crippen LogP contribution in [-0.2, 0) is 0 Å². The molecule has 4 aromatic rings. The number of hydrogen-bond acceptors (Lipinski definition) is 6. The lowest BCUT2D eigenvalue weighted by Gasteiger charge is -2.05. The zero-order valence-electron chi connectivity index (χ0n) is 11.5. The molecule has 0 bridgehead atoms. The van der Waals surface area contributed by atoms with E-state index in [1.807, 2.05) is 30.3 Å². The summed E-state index contributed by atoms with van der Waals surface area (Å²) in [6.45, 7) is 0. The van der Waals surface area contributed by atoms with Crippen LogP contribution in [-0.4, -0.2) is 29.8 Å². The van der Waals surface area contributed by atoms with Crippen molar-refractivity contribution in [2.45, 2.75) is 0 Å². The molecule has 0 saturated carbocycles. The molecule has 22 heavy (non-hydrogen) atoms. The fourth-order valence-electron chi connectivity index (χ4n) is 2.16. The molecule has 4 rings (SSSR count). The molecule has 0 radical (unpaired) electrons. The van der Waals surface area contributed by atoms with Gasteiger partial charge >= 0.3 is 0 Å². The van der Waals surface area contributed by atoms with Gasteiger partial charge in [0.05, 0.1) is 29.3 Å². The Hall–Kier alpha value is -3.35. The summed E-state index contributed by atoms with van der Waals surface area (Å²) in [4.78, 5) is 12.8. The number of rotatable bonds is 3. The van der Waals surface area contributed by atoms with Gasteiger partial charge in [0.15, 0.2) is 0 Å². The highest BCUT2D eigenvalue weighted by molar-refractivity contribution is 5.77. The average molecular weight is 289 g/mol. The number of aromatic nitrogens is 6. The van der Waals surface area contributed by atoms with Gasteiger partial charge in [-0.25, -0.2) is 9.97 Å². The fraction of sp³-hybridized carbons (Fsp3) is 0. The highest BCUT2D eigenvalue weighted by Crippen LogP contribution is 2.23. The lowest BCUT2D eigenvalue weighted by Crippen LogP contribution is -1.98. The van der Waals surface area contributed by atoms with E-state index in [2.05, 4.69) is 30.5 Å². The first-order valence-electron chi connectivity index (χ1n) is 6.70. The molecule has 0 fully saturated rings. The number of nitrogens with one attached hydrogen (secondary N) is 1. The van der Waals surface area contributed by atoms with Crippen LogP contribution >= 0.6 is 0 Å². The number of nitrogens with zero attached hydrogens (tertiary/aromatic N) is 6. The molecule has 0 saturated heterocycles. The first kappa shape index (κ1) is 12.4. The van der Waals surface area contributed by atoms with E-state index in [9.17, 15) is 0 Å². The Morgan fingerprint density at radius 1 is 0.909 bits per heavy atom. The van der Waals surface area contributed by atoms with E-state index in [1.165, 1.54) is 0 Å². The Kier molecular flexibility index (Phi) is 2.93. The monoisotopic (exact) mass is 289 g/mol. The second kappa shape index (κ2) is 5.21. The molecule has 0 amide bonds. The Labute approximate surface area is 125 Å². The van der Waals surface area contributed by atoms with Crippen LogP contribution in [0.4, 0.5) is 11.6 Å². The minimum Gasteiger partial charge on any atom is -0.323 e. The van der Waals surface area contributed by atoms with Crippen molar-refractivity contribution in [3.05, 3.63) is 61.3 Å². The van der Waals surface area contributed by atoms with Crippen molar-refractivity contribution in [3.8, 4) is 11.3 Å². The minimum atomic E-state index is 0.508. The summed E-state index contributed by atoms with van der Waals surface area (Å²) in [5, 5.41) is 11.5. The van der Waals surface area contributed by atoms with Crippen LogP contribution in [0.15, 0.2) is 61.3 Å². The third-order valence-electron chi connectivity index (χ3n) is 3.15. The van der Waals surface area contributed by atoms with Crippen molar-refractivity contribution in [1.82, 2.24) is 29.8 Å². The quantitative estimate of drug-likeness (QED) is 0.623. The zero-order valence-corrected chi connectivity index (χ0v) is 11.5. The number of hydrogen-bond donors (Lipinski definition) is 1. The lowest BCUT2D eigenvalue weighted by molar-refractivity contribution is 0.800. The average Bonchev–Trinajstić information content (AvgIpc) is 3.00. The summed E-state index contributed by atoms with van der Waals surface area (Å²) in [6.07, 6.45) is 8.59. The SMILES string of the molecule is c1cncc(Nc2nccc(-c3cnn4ncccc34)n2)c1. The second-order valence-corrected chi connectivity index (χ2v) is 4.59. The van der Waals surface area contributed by atoms with Crippen LogP contribution in [0.3, 0.4) is 0 Å². The van der Waals surface area contributed by atoms with Crippen molar-refractivity contribution in [3.63, 3.8) is 0 Å². The van der Waals surface area contributed by atoms with E-state index in [0.29, 0.717) is 5.95 Å². The predicted molar refractivity (Wildman–Crippen MR) is 81.5 cm³/mol. The van der Waals surface area contributed by atoms with Gasteiger partial charge in [-0.05, 0) is 30.3 Å². The summed E-state index contributed by atoms with van der Waals surface area (Å²) in [6, 6.07) is 9.42. The van der Waals surface area contributed by atoms with Gasteiger partial charge in [-0.3, -0.25) is 4.98 Å². The van der Waals surface area contributed by atoms with Crippen molar-refractivity contribution < 1.29 is 0 Å². The maximum absolute atomic E-state index is 4.53. The minimum absolute atomic E-state index is 0.508. The Bertz CT molecular complexity index is 917. The van der Waals surface area contributed by atoms with Crippen molar-refractivity contribution in [2.24, 2.45) is 0 Å². The standard InChI is InChI=1S/C15H11N7/c1-3-11(9-16-6-1)20-15-17-8-5-13(21-15)12-10-19-22-14(12)4-2-7-18-22/h1-10H,(H,17,20,21). The molecule has 0 spiro atoms. The molecule has 7 nitrogen and oxygen atoms in total. The third-order valence-corrected chi connectivity index (χ3v) is 3.15. The van der Waals surface area contributed by atoms with Gasteiger partial charge in [0.25, 0.3) is 0 Å². The molecule has 106 valence electrons. The largest absolute Gasteiger partial charge is 0.323 e. The van der Waals surface area contributed by atoms with E-state index < -0.39 is 0 Å². The van der Waals surface area contributed by atoms with Gasteiger partial charge in [0.1, 0.15) is 0 Å². The smallest absolute Gasteiger partial charge is 0.227 e. The molecule has 0 aliphatic heterocycles. The Balaban J connectivity index is 1.73. The summed E-state index contributed by atoms with van der Waals surface area (Å²) < 4.78 is 1.58. The van der Waals surface area contributed by atoms with E-state index in [0.717, 1.165) is 22.5 Å².